The van der Waals surface area contributed by atoms with Gasteiger partial charge in [-0.25, -0.2) is 19.6 Å². The summed E-state index contributed by atoms with van der Waals surface area (Å²) in [6, 6.07) is 14.1. The summed E-state index contributed by atoms with van der Waals surface area (Å²) in [7, 11) is 3.16. The summed E-state index contributed by atoms with van der Waals surface area (Å²) < 4.78 is 11.9. The fraction of sp³-hybridized carbons (Fsp3) is 0.235. The fourth-order valence-electron chi connectivity index (χ4n) is 5.83. The van der Waals surface area contributed by atoms with Gasteiger partial charge in [-0.3, -0.25) is 10.2 Å². The summed E-state index contributed by atoms with van der Waals surface area (Å²) in [5.74, 6) is 1.39. The molecular formula is C34H33Br2ClN10O4. The van der Waals surface area contributed by atoms with Gasteiger partial charge in [-0.05, 0) is 79.2 Å². The van der Waals surface area contributed by atoms with Crippen LogP contribution in [0.15, 0.2) is 75.1 Å². The van der Waals surface area contributed by atoms with Crippen molar-refractivity contribution in [3.63, 3.8) is 0 Å². The lowest BCUT2D eigenvalue weighted by molar-refractivity contribution is -0.673. The number of carbonyl (C=O) groups excluding carboxylic acids is 2. The number of quaternary nitrogens is 1. The molecule has 0 unspecified atom stereocenters. The first-order valence-electron chi connectivity index (χ1n) is 15.6. The molecule has 4 aromatic heterocycles. The van der Waals surface area contributed by atoms with E-state index >= 15 is 0 Å². The number of aliphatic imine (C=N–C) groups is 1. The second-order valence-corrected chi connectivity index (χ2v) is 12.9. The number of benzene rings is 2. The van der Waals surface area contributed by atoms with Crippen LogP contribution < -0.4 is 32.5 Å². The van der Waals surface area contributed by atoms with Gasteiger partial charge in [0.05, 0.1) is 37.2 Å². The second kappa shape index (κ2) is 17.4. The number of nitrogens with zero attached hydrogens (tertiary/aromatic N) is 6. The van der Waals surface area contributed by atoms with Crippen LogP contribution in [0.25, 0.3) is 22.1 Å². The standard InChI is InChI=1S/C17H16BrN5O2.C9H9BrN4.C8H7NO2.ClH/c1-25-12-4-2-3-11(7-12)20-17(24)23-6-5-13-10(9-23)8-19-16-14(13)15(18)21-22-16;10-8-7-6-1-2-11-3-5(6)4-12-9(7)14-13-8;1-11-8-4-2-3-7(5-8)9-6-10;/h2-4,7-8H,5-6,9H2,1H3,(H,20,24)(H,19,21,22);4,11H,1-3H2,(H,12,13,14);2-5H,1H3;1H. The van der Waals surface area contributed by atoms with E-state index in [9.17, 15) is 9.59 Å². The number of hydrogen-bond donors (Lipinski definition) is 4. The monoisotopic (exact) mass is 838 g/mol. The predicted molar refractivity (Wildman–Crippen MR) is 194 cm³/mol. The third-order valence-corrected chi connectivity index (χ3v) is 9.41. The van der Waals surface area contributed by atoms with E-state index in [0.29, 0.717) is 41.6 Å². The summed E-state index contributed by atoms with van der Waals surface area (Å²) >= 11 is 6.96. The van der Waals surface area contributed by atoms with Crippen molar-refractivity contribution in [2.45, 2.75) is 25.9 Å². The third-order valence-electron chi connectivity index (χ3n) is 8.26. The van der Waals surface area contributed by atoms with Crippen molar-refractivity contribution in [1.29, 1.82) is 0 Å². The van der Waals surface area contributed by atoms with Crippen LogP contribution in [0.4, 0.5) is 16.2 Å². The molecule has 2 amide bonds. The normalized spacial score (nSPS) is 12.8. The Kier molecular flexibility index (Phi) is 12.7. The van der Waals surface area contributed by atoms with Crippen molar-refractivity contribution >= 4 is 77.4 Å². The van der Waals surface area contributed by atoms with Crippen LogP contribution in [0.5, 0.6) is 11.5 Å². The zero-order valence-corrected chi connectivity index (χ0v) is 31.5. The molecule has 0 atom stereocenters. The number of aromatic nitrogens is 6. The number of aromatic amines is 2. The number of hydrogen-bond acceptors (Lipinski definition) is 9. The lowest BCUT2D eigenvalue weighted by atomic mass is 9.99. The van der Waals surface area contributed by atoms with E-state index in [1.54, 1.807) is 55.6 Å². The molecule has 6 aromatic rings. The average molecular weight is 841 g/mol. The van der Waals surface area contributed by atoms with Gasteiger partial charge in [0, 0.05) is 55.3 Å². The Labute approximate surface area is 315 Å². The van der Waals surface area contributed by atoms with E-state index in [-0.39, 0.29) is 18.4 Å². The number of H-pyrrole nitrogens is 2. The molecular weight excluding hydrogens is 808 g/mol. The van der Waals surface area contributed by atoms with E-state index < -0.39 is 0 Å². The molecule has 0 aliphatic carbocycles. The lowest BCUT2D eigenvalue weighted by Gasteiger charge is -2.29. The van der Waals surface area contributed by atoms with Crippen molar-refractivity contribution in [3.8, 4) is 11.5 Å². The van der Waals surface area contributed by atoms with Crippen molar-refractivity contribution in [2.24, 2.45) is 4.99 Å². The molecule has 0 saturated carbocycles. The van der Waals surface area contributed by atoms with Gasteiger partial charge >= 0.3 is 6.03 Å². The highest BCUT2D eigenvalue weighted by Gasteiger charge is 2.24. The summed E-state index contributed by atoms with van der Waals surface area (Å²) in [5.41, 5.74) is 7.75. The maximum Gasteiger partial charge on any atom is 0.322 e. The van der Waals surface area contributed by atoms with E-state index in [1.807, 2.05) is 24.4 Å². The largest absolute Gasteiger partial charge is 1.00 e. The number of nitrogens with two attached hydrogens (primary N) is 1. The minimum atomic E-state index is -0.134. The number of carbonyl (C=O) groups is 1. The first kappa shape index (κ1) is 37.4. The molecule has 0 spiro atoms. The van der Waals surface area contributed by atoms with Gasteiger partial charge in [-0.1, -0.05) is 12.1 Å². The molecule has 2 aliphatic rings. The summed E-state index contributed by atoms with van der Waals surface area (Å²) in [5, 5.41) is 21.5. The highest BCUT2D eigenvalue weighted by atomic mass is 79.9. The molecule has 8 rings (SSSR count). The predicted octanol–water partition coefficient (Wildman–Crippen LogP) is 2.33. The topological polar surface area (TPSA) is 180 Å². The molecule has 2 aromatic carbocycles. The van der Waals surface area contributed by atoms with Crippen LogP contribution in [0, 0.1) is 0 Å². The number of isocyanates is 1. The van der Waals surface area contributed by atoms with E-state index in [2.05, 4.69) is 77.8 Å². The van der Waals surface area contributed by atoms with Crippen molar-refractivity contribution < 1.29 is 36.8 Å². The molecule has 2 aliphatic heterocycles. The number of methoxy groups -OCH3 is 2. The quantitative estimate of drug-likeness (QED) is 0.154. The Morgan fingerprint density at radius 2 is 1.55 bits per heavy atom. The van der Waals surface area contributed by atoms with E-state index in [4.69, 9.17) is 9.47 Å². The molecule has 0 bridgehead atoms. The number of fused-ring (bicyclic) bond motifs is 6. The number of halogens is 3. The first-order chi connectivity index (χ1) is 24.4. The highest BCUT2D eigenvalue weighted by molar-refractivity contribution is 9.10. The zero-order chi connectivity index (χ0) is 35.0. The molecule has 6 heterocycles. The van der Waals surface area contributed by atoms with E-state index in [1.165, 1.54) is 22.8 Å². The summed E-state index contributed by atoms with van der Waals surface area (Å²) in [6.07, 6.45) is 7.07. The van der Waals surface area contributed by atoms with Crippen LogP contribution in [-0.2, 0) is 30.7 Å². The van der Waals surface area contributed by atoms with Gasteiger partial charge in [0.15, 0.2) is 11.3 Å². The van der Waals surface area contributed by atoms with Gasteiger partial charge in [0.1, 0.15) is 27.3 Å². The number of rotatable bonds is 4. The first-order valence-corrected chi connectivity index (χ1v) is 17.2. The Balaban J connectivity index is 0.000000164. The van der Waals surface area contributed by atoms with Gasteiger partial charge in [0.2, 0.25) is 6.08 Å². The molecule has 5 N–H and O–H groups in total. The van der Waals surface area contributed by atoms with E-state index in [0.717, 1.165) is 57.1 Å². The fourth-order valence-corrected chi connectivity index (χ4v) is 6.84. The van der Waals surface area contributed by atoms with Crippen LogP contribution in [0.2, 0.25) is 0 Å². The maximum absolute atomic E-state index is 12.6. The Hall–Kier alpha value is -4.86. The Morgan fingerprint density at radius 3 is 2.22 bits per heavy atom. The Morgan fingerprint density at radius 1 is 0.922 bits per heavy atom. The number of amides is 2. The van der Waals surface area contributed by atoms with Gasteiger partial charge < -0.3 is 37.4 Å². The molecule has 17 heteroatoms. The third kappa shape index (κ3) is 8.72. The number of urea groups is 1. The zero-order valence-electron chi connectivity index (χ0n) is 27.5. The molecule has 14 nitrogen and oxygen atoms in total. The van der Waals surface area contributed by atoms with Crippen LogP contribution in [-0.4, -0.2) is 74.7 Å². The van der Waals surface area contributed by atoms with Gasteiger partial charge in [-0.15, -0.1) is 0 Å². The second-order valence-electron chi connectivity index (χ2n) is 11.3. The molecule has 0 saturated heterocycles. The SMILES string of the molecule is Brc1[nH]nc2ncc3c(c12)CC[NH2+]C3.COc1cccc(N=C=O)c1.COc1cccc(NC(=O)N2CCc3c(cnc4n[nH]c(Br)c34)C2)c1.[Cl-]. The van der Waals surface area contributed by atoms with Crippen molar-refractivity contribution in [1.82, 2.24) is 35.3 Å². The number of ether oxygens (including phenoxy) is 2. The lowest BCUT2D eigenvalue weighted by Crippen LogP contribution is -3.00. The Bertz CT molecular complexity index is 2210. The molecule has 264 valence electrons. The maximum atomic E-state index is 12.6. The average Bonchev–Trinajstić information content (AvgIpc) is 3.74. The molecule has 0 radical (unpaired) electrons. The van der Waals surface area contributed by atoms with Crippen LogP contribution >= 0.6 is 31.9 Å². The number of anilines is 1. The van der Waals surface area contributed by atoms with Crippen molar-refractivity contribution in [2.75, 3.05) is 32.6 Å². The van der Waals surface area contributed by atoms with Crippen molar-refractivity contribution in [3.05, 3.63) is 92.4 Å². The number of nitrogens with one attached hydrogen (secondary N) is 3. The van der Waals surface area contributed by atoms with Gasteiger partial charge in [0.25, 0.3) is 0 Å². The minimum Gasteiger partial charge on any atom is -1.00 e. The van der Waals surface area contributed by atoms with Crippen LogP contribution in [0.3, 0.4) is 0 Å². The summed E-state index contributed by atoms with van der Waals surface area (Å²) in [4.78, 5) is 36.3. The minimum absolute atomic E-state index is 0. The van der Waals surface area contributed by atoms with Crippen LogP contribution in [0.1, 0.15) is 22.3 Å². The molecule has 51 heavy (non-hydrogen) atoms. The van der Waals surface area contributed by atoms with Gasteiger partial charge in [-0.2, -0.15) is 15.2 Å². The highest BCUT2D eigenvalue weighted by Crippen LogP contribution is 2.30. The smallest absolute Gasteiger partial charge is 0.322 e. The summed E-state index contributed by atoms with van der Waals surface area (Å²) in [6.45, 7) is 3.35. The molecule has 0 fully saturated rings. The number of pyridine rings is 2.